The van der Waals surface area contributed by atoms with Gasteiger partial charge in [-0.3, -0.25) is 0 Å². The molecule has 0 aromatic heterocycles. The van der Waals surface area contributed by atoms with E-state index in [9.17, 15) is 0 Å². The van der Waals surface area contributed by atoms with E-state index < -0.39 is 0 Å². The zero-order valence-electron chi connectivity index (χ0n) is 22.9. The number of benzene rings is 6. The molecule has 2 heteroatoms. The van der Waals surface area contributed by atoms with Crippen LogP contribution in [0.2, 0.25) is 0 Å². The second-order valence-electron chi connectivity index (χ2n) is 10.1. The van der Waals surface area contributed by atoms with E-state index in [2.05, 4.69) is 181 Å². The average molecular weight is 517 g/mol. The van der Waals surface area contributed by atoms with Gasteiger partial charge in [0.1, 0.15) is 0 Å². The highest BCUT2D eigenvalue weighted by Gasteiger charge is 2.25. The van der Waals surface area contributed by atoms with E-state index in [-0.39, 0.29) is 0 Å². The van der Waals surface area contributed by atoms with Crippen LogP contribution in [0.25, 0.3) is 11.1 Å². The summed E-state index contributed by atoms with van der Waals surface area (Å²) >= 11 is 0. The summed E-state index contributed by atoms with van der Waals surface area (Å²) in [5.41, 5.74) is 11.5. The quantitative estimate of drug-likeness (QED) is 0.208. The molecule has 40 heavy (non-hydrogen) atoms. The van der Waals surface area contributed by atoms with E-state index in [1.807, 2.05) is 0 Å². The molecule has 2 nitrogen and oxygen atoms in total. The Morgan fingerprint density at radius 3 is 1.30 bits per heavy atom. The molecular formula is C38H32N2. The van der Waals surface area contributed by atoms with Gasteiger partial charge in [0.25, 0.3) is 0 Å². The molecule has 0 unspecified atom stereocenters. The third kappa shape index (κ3) is 5.12. The van der Waals surface area contributed by atoms with Gasteiger partial charge in [0.2, 0.25) is 0 Å². The summed E-state index contributed by atoms with van der Waals surface area (Å²) in [5.74, 6) is 0. The van der Waals surface area contributed by atoms with Gasteiger partial charge in [-0.1, -0.05) is 114 Å². The molecule has 0 spiro atoms. The predicted molar refractivity (Wildman–Crippen MR) is 171 cm³/mol. The molecule has 0 saturated carbocycles. The maximum Gasteiger partial charge on any atom is 0.0781 e. The Hall–Kier alpha value is -5.08. The molecule has 0 atom stereocenters. The topological polar surface area (TPSA) is 6.48 Å². The van der Waals surface area contributed by atoms with Crippen molar-refractivity contribution in [1.29, 1.82) is 0 Å². The fraction of sp³-hybridized carbons (Fsp3) is 0.0526. The van der Waals surface area contributed by atoms with E-state index in [1.165, 1.54) is 16.7 Å². The molecule has 0 radical (unpaired) electrons. The summed E-state index contributed by atoms with van der Waals surface area (Å²) in [6.45, 7) is 4.27. The van der Waals surface area contributed by atoms with Crippen LogP contribution >= 0.6 is 0 Å². The number of hydrogen-bond donors (Lipinski definition) is 0. The van der Waals surface area contributed by atoms with Crippen molar-refractivity contribution < 1.29 is 0 Å². The average Bonchev–Trinajstić information content (AvgIpc) is 3.01. The van der Waals surface area contributed by atoms with Crippen LogP contribution in [-0.2, 0) is 0 Å². The summed E-state index contributed by atoms with van der Waals surface area (Å²) in [5, 5.41) is 0. The second kappa shape index (κ2) is 11.3. The minimum absolute atomic E-state index is 1.10. The lowest BCUT2D eigenvalue weighted by Gasteiger charge is -2.35. The number of para-hydroxylation sites is 3. The fourth-order valence-electron chi connectivity index (χ4n) is 5.17. The van der Waals surface area contributed by atoms with Crippen molar-refractivity contribution in [3.8, 4) is 11.1 Å². The van der Waals surface area contributed by atoms with Crippen molar-refractivity contribution in [3.05, 3.63) is 169 Å². The Labute approximate surface area is 237 Å². The van der Waals surface area contributed by atoms with Crippen LogP contribution < -0.4 is 9.80 Å². The Kier molecular flexibility index (Phi) is 7.15. The molecule has 0 aliphatic heterocycles. The van der Waals surface area contributed by atoms with E-state index >= 15 is 0 Å². The summed E-state index contributed by atoms with van der Waals surface area (Å²) in [4.78, 5) is 4.76. The van der Waals surface area contributed by atoms with E-state index in [0.717, 1.165) is 39.7 Å². The van der Waals surface area contributed by atoms with Crippen molar-refractivity contribution in [1.82, 2.24) is 0 Å². The van der Waals surface area contributed by atoms with Gasteiger partial charge in [-0.15, -0.1) is 0 Å². The van der Waals surface area contributed by atoms with Crippen molar-refractivity contribution in [3.63, 3.8) is 0 Å². The molecule has 0 fully saturated rings. The van der Waals surface area contributed by atoms with Gasteiger partial charge in [0.05, 0.1) is 11.4 Å². The van der Waals surface area contributed by atoms with Gasteiger partial charge in [0, 0.05) is 28.3 Å². The van der Waals surface area contributed by atoms with E-state index in [4.69, 9.17) is 0 Å². The summed E-state index contributed by atoms with van der Waals surface area (Å²) in [7, 11) is 0. The molecule has 0 N–H and O–H groups in total. The normalized spacial score (nSPS) is 10.8. The lowest BCUT2D eigenvalue weighted by atomic mass is 9.99. The first-order chi connectivity index (χ1) is 19.7. The Bertz CT molecular complexity index is 1680. The monoisotopic (exact) mass is 516 g/mol. The number of anilines is 6. The third-order valence-electron chi connectivity index (χ3n) is 7.18. The molecular weight excluding hydrogens is 484 g/mol. The van der Waals surface area contributed by atoms with Crippen molar-refractivity contribution in [2.24, 2.45) is 0 Å². The molecule has 6 aromatic rings. The Balaban J connectivity index is 1.70. The lowest BCUT2D eigenvalue weighted by molar-refractivity contribution is 1.22. The molecule has 0 aliphatic rings. The minimum atomic E-state index is 1.10. The van der Waals surface area contributed by atoms with E-state index in [0.29, 0.717) is 0 Å². The van der Waals surface area contributed by atoms with Crippen LogP contribution in [0.15, 0.2) is 158 Å². The number of nitrogens with zero attached hydrogens (tertiary/aromatic N) is 2. The molecule has 0 bridgehead atoms. The first-order valence-corrected chi connectivity index (χ1v) is 13.7. The smallest absolute Gasteiger partial charge is 0.0781 e. The first-order valence-electron chi connectivity index (χ1n) is 13.7. The number of hydrogen-bond acceptors (Lipinski definition) is 2. The van der Waals surface area contributed by atoms with Gasteiger partial charge < -0.3 is 9.80 Å². The SMILES string of the molecule is Cc1ccc(N(c2ccccc2)c2cccc(-c3ccccc3)c2N(c2ccccc2)c2ccc(C)cc2)cc1. The number of aryl methyl sites for hydroxylation is 2. The van der Waals surface area contributed by atoms with Gasteiger partial charge in [-0.25, -0.2) is 0 Å². The zero-order chi connectivity index (χ0) is 27.3. The maximum atomic E-state index is 2.39. The van der Waals surface area contributed by atoms with Crippen molar-refractivity contribution >= 4 is 34.1 Å². The van der Waals surface area contributed by atoms with Gasteiger partial charge in [0.15, 0.2) is 0 Å². The summed E-state index contributed by atoms with van der Waals surface area (Å²) in [6, 6.07) is 56.2. The van der Waals surface area contributed by atoms with Crippen LogP contribution in [0, 0.1) is 13.8 Å². The minimum Gasteiger partial charge on any atom is -0.308 e. The third-order valence-corrected chi connectivity index (χ3v) is 7.18. The Morgan fingerprint density at radius 1 is 0.350 bits per heavy atom. The van der Waals surface area contributed by atoms with Crippen LogP contribution in [-0.4, -0.2) is 0 Å². The van der Waals surface area contributed by atoms with E-state index in [1.54, 1.807) is 0 Å². The van der Waals surface area contributed by atoms with Crippen molar-refractivity contribution in [2.45, 2.75) is 13.8 Å². The molecule has 194 valence electrons. The van der Waals surface area contributed by atoms with Crippen LogP contribution in [0.1, 0.15) is 11.1 Å². The summed E-state index contributed by atoms with van der Waals surface area (Å²) < 4.78 is 0. The highest BCUT2D eigenvalue weighted by Crippen LogP contribution is 2.49. The molecule has 0 amide bonds. The highest BCUT2D eigenvalue weighted by molar-refractivity contribution is 5.99. The molecule has 6 rings (SSSR count). The maximum absolute atomic E-state index is 2.39. The zero-order valence-corrected chi connectivity index (χ0v) is 22.9. The van der Waals surface area contributed by atoms with Gasteiger partial charge in [-0.05, 0) is 74.0 Å². The second-order valence-corrected chi connectivity index (χ2v) is 10.1. The standard InChI is InChI=1S/C38H32N2/c1-29-21-25-34(26-22-29)39(32-15-8-4-9-16-32)37-20-12-19-36(31-13-6-3-7-14-31)38(37)40(33-17-10-5-11-18-33)35-27-23-30(2)24-28-35/h3-28H,1-2H3. The molecule has 0 saturated heterocycles. The largest absolute Gasteiger partial charge is 0.308 e. The molecule has 6 aromatic carbocycles. The van der Waals surface area contributed by atoms with Gasteiger partial charge >= 0.3 is 0 Å². The first kappa shape index (κ1) is 25.2. The predicted octanol–water partition coefficient (Wildman–Crippen LogP) is 10.9. The van der Waals surface area contributed by atoms with Crippen LogP contribution in [0.4, 0.5) is 34.1 Å². The van der Waals surface area contributed by atoms with Crippen molar-refractivity contribution in [2.75, 3.05) is 9.80 Å². The highest BCUT2D eigenvalue weighted by atomic mass is 15.2. The van der Waals surface area contributed by atoms with Crippen LogP contribution in [0.5, 0.6) is 0 Å². The van der Waals surface area contributed by atoms with Gasteiger partial charge in [-0.2, -0.15) is 0 Å². The fourth-order valence-corrected chi connectivity index (χ4v) is 5.17. The Morgan fingerprint density at radius 2 is 0.775 bits per heavy atom. The lowest BCUT2D eigenvalue weighted by Crippen LogP contribution is -2.18. The summed E-state index contributed by atoms with van der Waals surface area (Å²) in [6.07, 6.45) is 0. The number of rotatable bonds is 7. The molecule has 0 heterocycles. The molecule has 0 aliphatic carbocycles. The van der Waals surface area contributed by atoms with Crippen LogP contribution in [0.3, 0.4) is 0 Å².